The Labute approximate surface area is 144 Å². The number of rotatable bonds is 4. The van der Waals surface area contributed by atoms with Crippen LogP contribution in [0.3, 0.4) is 0 Å². The predicted octanol–water partition coefficient (Wildman–Crippen LogP) is 4.26. The number of carboxylic acid groups (broad SMARTS) is 1. The fourth-order valence-electron chi connectivity index (χ4n) is 3.09. The zero-order chi connectivity index (χ0) is 17.9. The molecule has 0 saturated carbocycles. The van der Waals surface area contributed by atoms with Gasteiger partial charge in [-0.15, -0.1) is 0 Å². The average molecular weight is 332 g/mol. The molecule has 1 heterocycles. The molecule has 2 rings (SSSR count). The van der Waals surface area contributed by atoms with E-state index >= 15 is 0 Å². The van der Waals surface area contributed by atoms with Crippen LogP contribution >= 0.6 is 0 Å². The third-order valence-electron chi connectivity index (χ3n) is 4.66. The van der Waals surface area contributed by atoms with E-state index in [4.69, 9.17) is 5.11 Å². The van der Waals surface area contributed by atoms with Crippen molar-refractivity contribution in [2.75, 3.05) is 18.4 Å². The number of aliphatic carboxylic acids is 1. The first kappa shape index (κ1) is 18.3. The van der Waals surface area contributed by atoms with Gasteiger partial charge in [-0.05, 0) is 41.9 Å². The molecule has 0 bridgehead atoms. The molecule has 2 amide bonds. The number of likely N-dealkylation sites (tertiary alicyclic amines) is 1. The van der Waals surface area contributed by atoms with E-state index in [-0.39, 0.29) is 12.6 Å². The summed E-state index contributed by atoms with van der Waals surface area (Å²) in [4.78, 5) is 25.3. The second-order valence-electron chi connectivity index (χ2n) is 7.21. The lowest BCUT2D eigenvalue weighted by Crippen LogP contribution is -2.44. The van der Waals surface area contributed by atoms with Gasteiger partial charge in [0.05, 0.1) is 5.92 Å². The second-order valence-corrected chi connectivity index (χ2v) is 7.21. The van der Waals surface area contributed by atoms with Crippen molar-refractivity contribution in [1.29, 1.82) is 0 Å². The molecule has 1 atom stereocenters. The number of hydrogen-bond acceptors (Lipinski definition) is 2. The summed E-state index contributed by atoms with van der Waals surface area (Å²) in [6, 6.07) is 5.95. The molecular weight excluding hydrogens is 304 g/mol. The van der Waals surface area contributed by atoms with Gasteiger partial charge in [0.25, 0.3) is 0 Å². The first-order valence-electron chi connectivity index (χ1n) is 8.72. The van der Waals surface area contributed by atoms with Crippen molar-refractivity contribution in [1.82, 2.24) is 4.90 Å². The van der Waals surface area contributed by atoms with Crippen molar-refractivity contribution in [2.24, 2.45) is 5.92 Å². The lowest BCUT2D eigenvalue weighted by molar-refractivity contribution is -0.143. The molecule has 0 aliphatic carbocycles. The standard InChI is InChI=1S/C19H28N2O3/c1-12(2)14-7-8-17(16(10-14)13(3)4)20-19(24)21-9-5-6-15(11-21)18(22)23/h7-8,10,12-13,15H,5-6,9,11H2,1-4H3,(H,20,24)(H,22,23). The zero-order valence-electron chi connectivity index (χ0n) is 15.0. The van der Waals surface area contributed by atoms with Crippen molar-refractivity contribution in [3.63, 3.8) is 0 Å². The molecule has 0 radical (unpaired) electrons. The smallest absolute Gasteiger partial charge is 0.321 e. The highest BCUT2D eigenvalue weighted by atomic mass is 16.4. The van der Waals surface area contributed by atoms with Crippen molar-refractivity contribution < 1.29 is 14.7 Å². The summed E-state index contributed by atoms with van der Waals surface area (Å²) >= 11 is 0. The Morgan fingerprint density at radius 3 is 2.50 bits per heavy atom. The van der Waals surface area contributed by atoms with E-state index in [1.807, 2.05) is 12.1 Å². The molecule has 5 nitrogen and oxygen atoms in total. The Balaban J connectivity index is 2.15. The van der Waals surface area contributed by atoms with E-state index in [2.05, 4.69) is 39.1 Å². The Morgan fingerprint density at radius 2 is 1.92 bits per heavy atom. The van der Waals surface area contributed by atoms with Gasteiger partial charge in [0, 0.05) is 18.8 Å². The Bertz CT molecular complexity index is 611. The molecular formula is C19H28N2O3. The normalized spacial score (nSPS) is 18.1. The topological polar surface area (TPSA) is 69.6 Å². The van der Waals surface area contributed by atoms with E-state index in [1.54, 1.807) is 4.90 Å². The van der Waals surface area contributed by atoms with Crippen LogP contribution < -0.4 is 5.32 Å². The number of carbonyl (C=O) groups is 2. The minimum absolute atomic E-state index is 0.208. The van der Waals surface area contributed by atoms with Gasteiger partial charge < -0.3 is 15.3 Å². The number of urea groups is 1. The average Bonchev–Trinajstić information content (AvgIpc) is 2.54. The summed E-state index contributed by atoms with van der Waals surface area (Å²) in [6.45, 7) is 9.40. The van der Waals surface area contributed by atoms with Crippen molar-refractivity contribution in [3.8, 4) is 0 Å². The molecule has 1 unspecified atom stereocenters. The molecule has 0 spiro atoms. The molecule has 1 saturated heterocycles. The maximum atomic E-state index is 12.6. The van der Waals surface area contributed by atoms with Gasteiger partial charge in [0.2, 0.25) is 0 Å². The number of anilines is 1. The summed E-state index contributed by atoms with van der Waals surface area (Å²) in [7, 11) is 0. The molecule has 1 aliphatic rings. The van der Waals surface area contributed by atoms with Crippen molar-refractivity contribution in [3.05, 3.63) is 29.3 Å². The third-order valence-corrected chi connectivity index (χ3v) is 4.66. The molecule has 132 valence electrons. The Kier molecular flexibility index (Phi) is 5.86. The number of nitrogens with one attached hydrogen (secondary N) is 1. The van der Waals surface area contributed by atoms with Crippen molar-refractivity contribution >= 4 is 17.7 Å². The maximum absolute atomic E-state index is 12.6. The molecule has 5 heteroatoms. The maximum Gasteiger partial charge on any atom is 0.321 e. The van der Waals surface area contributed by atoms with Gasteiger partial charge in [-0.3, -0.25) is 4.79 Å². The number of benzene rings is 1. The van der Waals surface area contributed by atoms with Crippen LogP contribution in [0.5, 0.6) is 0 Å². The summed E-state index contributed by atoms with van der Waals surface area (Å²) in [5, 5.41) is 12.1. The number of amides is 2. The number of hydrogen-bond donors (Lipinski definition) is 2. The van der Waals surface area contributed by atoms with Gasteiger partial charge in [-0.2, -0.15) is 0 Å². The molecule has 1 aromatic rings. The van der Waals surface area contributed by atoms with E-state index < -0.39 is 11.9 Å². The lowest BCUT2D eigenvalue weighted by Gasteiger charge is -2.31. The van der Waals surface area contributed by atoms with Crippen LogP contribution in [0.25, 0.3) is 0 Å². The fraction of sp³-hybridized carbons (Fsp3) is 0.579. The summed E-state index contributed by atoms with van der Waals surface area (Å²) < 4.78 is 0. The molecule has 1 aliphatic heterocycles. The highest BCUT2D eigenvalue weighted by Gasteiger charge is 2.28. The predicted molar refractivity (Wildman–Crippen MR) is 95.6 cm³/mol. The monoisotopic (exact) mass is 332 g/mol. The summed E-state index contributed by atoms with van der Waals surface area (Å²) in [5.74, 6) is -0.549. The van der Waals surface area contributed by atoms with Crippen LogP contribution in [0.4, 0.5) is 10.5 Å². The first-order chi connectivity index (χ1) is 11.3. The van der Waals surface area contributed by atoms with Crippen LogP contribution in [0.1, 0.15) is 63.5 Å². The minimum Gasteiger partial charge on any atom is -0.481 e. The fourth-order valence-corrected chi connectivity index (χ4v) is 3.09. The SMILES string of the molecule is CC(C)c1ccc(NC(=O)N2CCCC(C(=O)O)C2)c(C(C)C)c1. The third kappa shape index (κ3) is 4.28. The highest BCUT2D eigenvalue weighted by molar-refractivity contribution is 5.90. The number of nitrogens with zero attached hydrogens (tertiary/aromatic N) is 1. The molecule has 1 fully saturated rings. The van der Waals surface area contributed by atoms with Crippen molar-refractivity contribution in [2.45, 2.75) is 52.4 Å². The zero-order valence-corrected chi connectivity index (χ0v) is 15.0. The summed E-state index contributed by atoms with van der Waals surface area (Å²) in [6.07, 6.45) is 1.37. The first-order valence-corrected chi connectivity index (χ1v) is 8.72. The molecule has 1 aromatic carbocycles. The minimum atomic E-state index is -0.823. The van der Waals surface area contributed by atoms with Gasteiger partial charge in [-0.25, -0.2) is 4.79 Å². The number of carboxylic acids is 1. The van der Waals surface area contributed by atoms with E-state index in [1.165, 1.54) is 5.56 Å². The molecule has 2 N–H and O–H groups in total. The van der Waals surface area contributed by atoms with Gasteiger partial charge in [-0.1, -0.05) is 39.8 Å². The van der Waals surface area contributed by atoms with Gasteiger partial charge in [0.15, 0.2) is 0 Å². The second kappa shape index (κ2) is 7.69. The number of piperidine rings is 1. The largest absolute Gasteiger partial charge is 0.481 e. The van der Waals surface area contributed by atoms with Crippen LogP contribution in [0, 0.1) is 5.92 Å². The Morgan fingerprint density at radius 1 is 1.21 bits per heavy atom. The van der Waals surface area contributed by atoms with Crippen LogP contribution in [0.15, 0.2) is 18.2 Å². The van der Waals surface area contributed by atoms with Gasteiger partial charge in [0.1, 0.15) is 0 Å². The quantitative estimate of drug-likeness (QED) is 0.865. The van der Waals surface area contributed by atoms with Gasteiger partial charge >= 0.3 is 12.0 Å². The Hall–Kier alpha value is -2.04. The van der Waals surface area contributed by atoms with Crippen LogP contribution in [-0.4, -0.2) is 35.1 Å². The van der Waals surface area contributed by atoms with E-state index in [0.717, 1.165) is 17.7 Å². The van der Waals surface area contributed by atoms with E-state index in [9.17, 15) is 9.59 Å². The lowest BCUT2D eigenvalue weighted by atomic mass is 9.94. The van der Waals surface area contributed by atoms with Crippen LogP contribution in [-0.2, 0) is 4.79 Å². The molecule has 0 aromatic heterocycles. The highest BCUT2D eigenvalue weighted by Crippen LogP contribution is 2.29. The molecule has 24 heavy (non-hydrogen) atoms. The van der Waals surface area contributed by atoms with Crippen LogP contribution in [0.2, 0.25) is 0 Å². The summed E-state index contributed by atoms with van der Waals surface area (Å²) in [5.41, 5.74) is 3.18. The van der Waals surface area contributed by atoms with E-state index in [0.29, 0.717) is 24.8 Å². The number of carbonyl (C=O) groups excluding carboxylic acids is 1.